The van der Waals surface area contributed by atoms with Gasteiger partial charge in [-0.3, -0.25) is 4.79 Å². The normalized spacial score (nSPS) is 10.5. The van der Waals surface area contributed by atoms with Crippen molar-refractivity contribution in [3.8, 4) is 0 Å². The van der Waals surface area contributed by atoms with Crippen LogP contribution in [0.2, 0.25) is 0 Å². The molecule has 1 heteroatoms. The number of hydrogen-bond acceptors (Lipinski definition) is 1. The summed E-state index contributed by atoms with van der Waals surface area (Å²) in [6.45, 7) is 6.56. The molecule has 0 atom stereocenters. The molecule has 0 fully saturated rings. The highest BCUT2D eigenvalue weighted by atomic mass is 16.1. The van der Waals surface area contributed by atoms with Crippen LogP contribution >= 0.6 is 0 Å². The first-order chi connectivity index (χ1) is 8.28. The van der Waals surface area contributed by atoms with Crippen molar-refractivity contribution in [2.45, 2.75) is 59.3 Å². The van der Waals surface area contributed by atoms with Gasteiger partial charge in [-0.15, -0.1) is 0 Å². The first kappa shape index (κ1) is 14.0. The molecule has 0 aromatic heterocycles. The molecule has 1 aromatic carbocycles. The third kappa shape index (κ3) is 3.42. The van der Waals surface area contributed by atoms with Gasteiger partial charge in [-0.25, -0.2) is 0 Å². The smallest absolute Gasteiger partial charge is 0.150 e. The van der Waals surface area contributed by atoms with Crippen molar-refractivity contribution in [2.24, 2.45) is 0 Å². The molecule has 0 bridgehead atoms. The Morgan fingerprint density at radius 1 is 1.00 bits per heavy atom. The minimum absolute atomic E-state index is 0.885. The molecule has 0 saturated carbocycles. The fraction of sp³-hybridized carbons (Fsp3) is 0.562. The summed E-state index contributed by atoms with van der Waals surface area (Å²) in [5, 5.41) is 0. The summed E-state index contributed by atoms with van der Waals surface area (Å²) >= 11 is 0. The largest absolute Gasteiger partial charge is 0.298 e. The van der Waals surface area contributed by atoms with Crippen LogP contribution in [0.5, 0.6) is 0 Å². The molecule has 0 radical (unpaired) electrons. The van der Waals surface area contributed by atoms with Crippen molar-refractivity contribution in [1.29, 1.82) is 0 Å². The van der Waals surface area contributed by atoms with Gasteiger partial charge in [0, 0.05) is 5.56 Å². The van der Waals surface area contributed by atoms with E-state index in [4.69, 9.17) is 0 Å². The Morgan fingerprint density at radius 2 is 1.76 bits per heavy atom. The fourth-order valence-corrected chi connectivity index (χ4v) is 2.48. The first-order valence-corrected chi connectivity index (χ1v) is 6.87. The van der Waals surface area contributed by atoms with Gasteiger partial charge in [-0.05, 0) is 42.4 Å². The number of unbranched alkanes of at least 4 members (excludes halogenated alkanes) is 2. The summed E-state index contributed by atoms with van der Waals surface area (Å²) in [6.07, 6.45) is 7.91. The minimum atomic E-state index is 0.885. The highest BCUT2D eigenvalue weighted by Gasteiger charge is 2.10. The van der Waals surface area contributed by atoms with E-state index < -0.39 is 0 Å². The van der Waals surface area contributed by atoms with Crippen LogP contribution in [0.15, 0.2) is 12.1 Å². The van der Waals surface area contributed by atoms with Crippen LogP contribution in [0.25, 0.3) is 0 Å². The molecule has 1 rings (SSSR count). The molecule has 0 aliphatic rings. The zero-order valence-corrected chi connectivity index (χ0v) is 11.4. The molecule has 94 valence electrons. The zero-order chi connectivity index (χ0) is 12.7. The molecular weight excluding hydrogens is 208 g/mol. The Kier molecular flexibility index (Phi) is 5.96. The Labute approximate surface area is 105 Å². The lowest BCUT2D eigenvalue weighted by molar-refractivity contribution is 0.112. The minimum Gasteiger partial charge on any atom is -0.298 e. The van der Waals surface area contributed by atoms with Crippen molar-refractivity contribution in [2.75, 3.05) is 0 Å². The van der Waals surface area contributed by atoms with Gasteiger partial charge in [0.15, 0.2) is 0 Å². The Hall–Kier alpha value is -1.11. The molecule has 0 heterocycles. The lowest BCUT2D eigenvalue weighted by Crippen LogP contribution is -2.03. The van der Waals surface area contributed by atoms with E-state index in [2.05, 4.69) is 26.8 Å². The van der Waals surface area contributed by atoms with E-state index in [1.165, 1.54) is 36.0 Å². The van der Waals surface area contributed by atoms with Gasteiger partial charge < -0.3 is 0 Å². The lowest BCUT2D eigenvalue weighted by atomic mass is 9.90. The number of carbonyl (C=O) groups excluding carboxylic acids is 1. The van der Waals surface area contributed by atoms with E-state index in [0.29, 0.717) is 0 Å². The highest BCUT2D eigenvalue weighted by molar-refractivity contribution is 5.78. The third-order valence-corrected chi connectivity index (χ3v) is 3.46. The molecule has 0 spiro atoms. The molecule has 0 saturated heterocycles. The number of carbonyl (C=O) groups is 1. The fourth-order valence-electron chi connectivity index (χ4n) is 2.48. The van der Waals surface area contributed by atoms with Crippen LogP contribution in [0.1, 0.15) is 67.1 Å². The maximum Gasteiger partial charge on any atom is 0.150 e. The Bertz CT molecular complexity index is 366. The van der Waals surface area contributed by atoms with Crippen LogP contribution in [0.3, 0.4) is 0 Å². The molecule has 0 N–H and O–H groups in total. The third-order valence-electron chi connectivity index (χ3n) is 3.46. The van der Waals surface area contributed by atoms with Crippen LogP contribution in [0.4, 0.5) is 0 Å². The van der Waals surface area contributed by atoms with Crippen LogP contribution in [-0.2, 0) is 19.3 Å². The summed E-state index contributed by atoms with van der Waals surface area (Å²) in [6, 6.07) is 4.11. The van der Waals surface area contributed by atoms with Gasteiger partial charge in [-0.2, -0.15) is 0 Å². The first-order valence-electron chi connectivity index (χ1n) is 6.87. The second-order valence-electron chi connectivity index (χ2n) is 4.55. The van der Waals surface area contributed by atoms with Gasteiger partial charge in [-0.1, -0.05) is 45.7 Å². The van der Waals surface area contributed by atoms with Crippen molar-refractivity contribution in [3.05, 3.63) is 34.4 Å². The quantitative estimate of drug-likeness (QED) is 0.504. The van der Waals surface area contributed by atoms with Gasteiger partial charge in [0.1, 0.15) is 6.29 Å². The van der Waals surface area contributed by atoms with E-state index in [1.54, 1.807) is 0 Å². The summed E-state index contributed by atoms with van der Waals surface area (Å²) in [5.74, 6) is 0. The monoisotopic (exact) mass is 232 g/mol. The highest BCUT2D eigenvalue weighted by Crippen LogP contribution is 2.22. The van der Waals surface area contributed by atoms with Gasteiger partial charge in [0.05, 0.1) is 0 Å². The Morgan fingerprint density at radius 3 is 2.29 bits per heavy atom. The molecule has 0 amide bonds. The average molecular weight is 232 g/mol. The van der Waals surface area contributed by atoms with Gasteiger partial charge >= 0.3 is 0 Å². The summed E-state index contributed by atoms with van der Waals surface area (Å²) in [5.41, 5.74) is 5.02. The summed E-state index contributed by atoms with van der Waals surface area (Å²) in [4.78, 5) is 11.1. The number of hydrogen-bond donors (Lipinski definition) is 0. The summed E-state index contributed by atoms with van der Waals surface area (Å²) in [7, 11) is 0. The molecular formula is C16H24O. The molecule has 1 nitrogen and oxygen atoms in total. The molecule has 1 aromatic rings. The maximum atomic E-state index is 11.1. The molecule has 0 aliphatic carbocycles. The van der Waals surface area contributed by atoms with E-state index >= 15 is 0 Å². The van der Waals surface area contributed by atoms with E-state index in [9.17, 15) is 4.79 Å². The lowest BCUT2D eigenvalue weighted by Gasteiger charge is -2.15. The number of aldehydes is 1. The van der Waals surface area contributed by atoms with Crippen molar-refractivity contribution >= 4 is 6.29 Å². The second kappa shape index (κ2) is 7.26. The van der Waals surface area contributed by atoms with Crippen molar-refractivity contribution in [3.63, 3.8) is 0 Å². The van der Waals surface area contributed by atoms with Crippen molar-refractivity contribution < 1.29 is 4.79 Å². The van der Waals surface area contributed by atoms with Gasteiger partial charge in [0.2, 0.25) is 0 Å². The Balaban J connectivity index is 3.06. The van der Waals surface area contributed by atoms with Crippen LogP contribution < -0.4 is 0 Å². The molecule has 0 aliphatic heterocycles. The second-order valence-corrected chi connectivity index (χ2v) is 4.55. The van der Waals surface area contributed by atoms with E-state index in [0.717, 1.165) is 31.1 Å². The topological polar surface area (TPSA) is 17.1 Å². The predicted octanol–water partition coefficient (Wildman–Crippen LogP) is 4.36. The predicted molar refractivity (Wildman–Crippen MR) is 73.8 cm³/mol. The standard InChI is InChI=1S/C16H24O/c1-4-7-8-9-16-13(5-2)10-11-14(12-17)15(16)6-3/h10-12H,4-9H2,1-3H3. The van der Waals surface area contributed by atoms with Crippen LogP contribution in [-0.4, -0.2) is 6.29 Å². The summed E-state index contributed by atoms with van der Waals surface area (Å²) < 4.78 is 0. The molecule has 17 heavy (non-hydrogen) atoms. The number of aryl methyl sites for hydroxylation is 1. The maximum absolute atomic E-state index is 11.1. The number of benzene rings is 1. The zero-order valence-electron chi connectivity index (χ0n) is 11.4. The van der Waals surface area contributed by atoms with Crippen molar-refractivity contribution in [1.82, 2.24) is 0 Å². The molecule has 0 unspecified atom stereocenters. The van der Waals surface area contributed by atoms with Crippen LogP contribution in [0, 0.1) is 0 Å². The average Bonchev–Trinajstić information content (AvgIpc) is 2.38. The van der Waals surface area contributed by atoms with E-state index in [-0.39, 0.29) is 0 Å². The SMILES string of the molecule is CCCCCc1c(CC)ccc(C=O)c1CC. The van der Waals surface area contributed by atoms with E-state index in [1.807, 2.05) is 6.07 Å². The number of rotatable bonds is 7. The van der Waals surface area contributed by atoms with Gasteiger partial charge in [0.25, 0.3) is 0 Å².